The Hall–Kier alpha value is -2.26. The first-order valence-corrected chi connectivity index (χ1v) is 12.8. The highest BCUT2D eigenvalue weighted by Gasteiger charge is 2.33. The van der Waals surface area contributed by atoms with Crippen molar-refractivity contribution in [2.45, 2.75) is 50.4 Å². The number of rotatable bonds is 6. The summed E-state index contributed by atoms with van der Waals surface area (Å²) in [7, 11) is 2.16. The molecule has 0 amide bonds. The number of hydrogen-bond donors (Lipinski definition) is 2. The van der Waals surface area contributed by atoms with E-state index in [1.807, 2.05) is 6.07 Å². The first kappa shape index (κ1) is 21.3. The predicted octanol–water partition coefficient (Wildman–Crippen LogP) is 3.26. The van der Waals surface area contributed by atoms with Crippen LogP contribution in [0.5, 0.6) is 6.01 Å². The van der Waals surface area contributed by atoms with Gasteiger partial charge in [-0.15, -0.1) is 11.3 Å². The van der Waals surface area contributed by atoms with Gasteiger partial charge in [0.2, 0.25) is 0 Å². The third-order valence-electron chi connectivity index (χ3n) is 7.35. The van der Waals surface area contributed by atoms with Gasteiger partial charge in [-0.2, -0.15) is 9.97 Å². The number of nitrogens with zero attached hydrogens (tertiary/aromatic N) is 4. The van der Waals surface area contributed by atoms with Gasteiger partial charge < -0.3 is 25.0 Å². The molecule has 1 aromatic carbocycles. The van der Waals surface area contributed by atoms with Gasteiger partial charge in [0.05, 0.1) is 12.1 Å². The summed E-state index contributed by atoms with van der Waals surface area (Å²) in [5.74, 6) is 0.988. The number of likely N-dealkylation sites (N-methyl/N-ethyl adjacent to an activating group) is 1. The van der Waals surface area contributed by atoms with Crippen molar-refractivity contribution in [1.29, 1.82) is 0 Å². The molecule has 0 radical (unpaired) electrons. The van der Waals surface area contributed by atoms with E-state index in [1.165, 1.54) is 19.3 Å². The Balaban J connectivity index is 1.37. The van der Waals surface area contributed by atoms with Gasteiger partial charge >= 0.3 is 6.01 Å². The Morgan fingerprint density at radius 1 is 1.12 bits per heavy atom. The Bertz CT molecular complexity index is 1140. The number of thiophene rings is 1. The summed E-state index contributed by atoms with van der Waals surface area (Å²) in [6.45, 7) is 3.77. The minimum absolute atomic E-state index is 0.0729. The minimum atomic E-state index is 0.0729. The second-order valence-electron chi connectivity index (χ2n) is 9.62. The van der Waals surface area contributed by atoms with Crippen molar-refractivity contribution in [3.63, 3.8) is 0 Å². The van der Waals surface area contributed by atoms with Gasteiger partial charge in [0.1, 0.15) is 12.4 Å². The van der Waals surface area contributed by atoms with Crippen LogP contribution in [0.2, 0.25) is 0 Å². The van der Waals surface area contributed by atoms with Gasteiger partial charge in [-0.25, -0.2) is 0 Å². The first-order chi connectivity index (χ1) is 16.2. The van der Waals surface area contributed by atoms with Crippen LogP contribution in [0, 0.1) is 0 Å². The monoisotopic (exact) mass is 465 g/mol. The molecule has 0 unspecified atom stereocenters. The number of piperazine rings is 1. The molecule has 2 aromatic heterocycles. The summed E-state index contributed by atoms with van der Waals surface area (Å²) in [6.07, 6.45) is 4.85. The van der Waals surface area contributed by atoms with E-state index in [4.69, 9.17) is 14.7 Å². The molecule has 5 heterocycles. The van der Waals surface area contributed by atoms with Crippen molar-refractivity contribution in [2.75, 3.05) is 38.2 Å². The Labute approximate surface area is 198 Å². The third-order valence-corrected chi connectivity index (χ3v) is 8.47. The smallest absolute Gasteiger partial charge is 0.319 e. The van der Waals surface area contributed by atoms with E-state index >= 15 is 0 Å². The highest BCUT2D eigenvalue weighted by Crippen LogP contribution is 2.35. The molecule has 2 N–H and O–H groups in total. The van der Waals surface area contributed by atoms with Crippen LogP contribution in [0.15, 0.2) is 30.3 Å². The fourth-order valence-electron chi connectivity index (χ4n) is 5.50. The highest BCUT2D eigenvalue weighted by atomic mass is 32.1. The van der Waals surface area contributed by atoms with Gasteiger partial charge in [0.15, 0.2) is 0 Å². The highest BCUT2D eigenvalue weighted by molar-refractivity contribution is 7.15. The van der Waals surface area contributed by atoms with Gasteiger partial charge in [-0.3, -0.25) is 0 Å². The lowest BCUT2D eigenvalue weighted by atomic mass is 10.1. The zero-order valence-electron chi connectivity index (χ0n) is 19.0. The summed E-state index contributed by atoms with van der Waals surface area (Å²) < 4.78 is 6.20. The maximum absolute atomic E-state index is 9.46. The van der Waals surface area contributed by atoms with E-state index in [1.54, 1.807) is 11.3 Å². The molecule has 0 saturated carbocycles. The first-order valence-electron chi connectivity index (χ1n) is 12.0. The largest absolute Gasteiger partial charge is 0.462 e. The van der Waals surface area contributed by atoms with Crippen LogP contribution in [0.4, 0.5) is 5.82 Å². The van der Waals surface area contributed by atoms with Crippen LogP contribution < -0.4 is 15.0 Å². The summed E-state index contributed by atoms with van der Waals surface area (Å²) in [5.41, 5.74) is 2.02. The molecule has 3 atom stereocenters. The van der Waals surface area contributed by atoms with Gasteiger partial charge in [0, 0.05) is 46.4 Å². The number of aromatic nitrogens is 2. The van der Waals surface area contributed by atoms with Gasteiger partial charge in [-0.05, 0) is 69.1 Å². The topological polar surface area (TPSA) is 73.8 Å². The van der Waals surface area contributed by atoms with Crippen LogP contribution >= 0.6 is 11.3 Å². The maximum atomic E-state index is 9.46. The number of fused-ring (bicyclic) bond motifs is 3. The molecule has 174 valence electrons. The molecule has 0 aliphatic carbocycles. The average Bonchev–Trinajstić information content (AvgIpc) is 3.56. The number of aliphatic hydroxyl groups is 1. The van der Waals surface area contributed by atoms with Crippen molar-refractivity contribution in [3.05, 3.63) is 35.2 Å². The van der Waals surface area contributed by atoms with E-state index < -0.39 is 0 Å². The van der Waals surface area contributed by atoms with Crippen molar-refractivity contribution in [1.82, 2.24) is 20.2 Å². The molecule has 8 heteroatoms. The third kappa shape index (κ3) is 4.21. The molecule has 3 saturated heterocycles. The molecule has 0 spiro atoms. The zero-order valence-corrected chi connectivity index (χ0v) is 19.9. The van der Waals surface area contributed by atoms with Crippen LogP contribution in [-0.4, -0.2) is 71.4 Å². The lowest BCUT2D eigenvalue weighted by molar-refractivity contribution is 0.188. The Morgan fingerprint density at radius 2 is 1.97 bits per heavy atom. The summed E-state index contributed by atoms with van der Waals surface area (Å²) in [5, 5.41) is 14.3. The van der Waals surface area contributed by atoms with Crippen LogP contribution in [0.1, 0.15) is 30.6 Å². The Kier molecular flexibility index (Phi) is 5.70. The normalized spacial score (nSPS) is 25.3. The minimum Gasteiger partial charge on any atom is -0.462 e. The molecule has 7 nitrogen and oxygen atoms in total. The van der Waals surface area contributed by atoms with Gasteiger partial charge in [0.25, 0.3) is 0 Å². The van der Waals surface area contributed by atoms with Crippen LogP contribution in [0.25, 0.3) is 21.3 Å². The summed E-state index contributed by atoms with van der Waals surface area (Å²) >= 11 is 1.62. The number of ether oxygens (including phenoxy) is 1. The average molecular weight is 466 g/mol. The van der Waals surface area contributed by atoms with Crippen LogP contribution in [0.3, 0.4) is 0 Å². The van der Waals surface area contributed by atoms with E-state index in [0.29, 0.717) is 30.7 Å². The van der Waals surface area contributed by atoms with Gasteiger partial charge in [-0.1, -0.05) is 6.07 Å². The number of anilines is 1. The van der Waals surface area contributed by atoms with Crippen molar-refractivity contribution in [3.8, 4) is 16.5 Å². The summed E-state index contributed by atoms with van der Waals surface area (Å²) in [6, 6.07) is 12.5. The van der Waals surface area contributed by atoms with Crippen molar-refractivity contribution < 1.29 is 9.84 Å². The van der Waals surface area contributed by atoms with Crippen molar-refractivity contribution >= 4 is 28.1 Å². The molecule has 6 rings (SSSR count). The molecule has 2 bridgehead atoms. The fraction of sp³-hybridized carbons (Fsp3) is 0.520. The number of hydrogen-bond acceptors (Lipinski definition) is 8. The number of aliphatic hydroxyl groups excluding tert-OH is 1. The number of nitrogens with one attached hydrogen (secondary N) is 1. The predicted molar refractivity (Wildman–Crippen MR) is 132 cm³/mol. The molecule has 3 aliphatic rings. The van der Waals surface area contributed by atoms with E-state index in [2.05, 4.69) is 46.4 Å². The SMILES string of the molecule is CN1CCC[C@H]1COc1nc(N2C[C@H]3CC[C@@H](C2)N3)c2ccc(-c3ccc(CO)s3)cc2n1. The molecule has 3 aromatic rings. The molecule has 3 aliphatic heterocycles. The van der Waals surface area contributed by atoms with E-state index in [0.717, 1.165) is 58.1 Å². The lowest BCUT2D eigenvalue weighted by Crippen LogP contribution is -2.51. The maximum Gasteiger partial charge on any atom is 0.319 e. The van der Waals surface area contributed by atoms with E-state index in [9.17, 15) is 5.11 Å². The second kappa shape index (κ2) is 8.83. The second-order valence-corrected chi connectivity index (χ2v) is 10.8. The Morgan fingerprint density at radius 3 is 2.70 bits per heavy atom. The molecular weight excluding hydrogens is 434 g/mol. The van der Waals surface area contributed by atoms with Crippen molar-refractivity contribution in [2.24, 2.45) is 0 Å². The zero-order chi connectivity index (χ0) is 22.4. The molecular formula is C25H31N5O2S. The van der Waals surface area contributed by atoms with E-state index in [-0.39, 0.29) is 6.61 Å². The van der Waals surface area contributed by atoms with Crippen LogP contribution in [-0.2, 0) is 6.61 Å². The molecule has 3 fully saturated rings. The standard InChI is InChI=1S/C25H31N5O2S/c1-29-10-2-3-19(29)15-32-25-27-22-11-16(23-9-7-20(14-31)33-23)4-8-21(22)24(28-25)30-12-17-5-6-18(13-30)26-17/h4,7-9,11,17-19,26,31H,2-3,5-6,10,12-15H2,1H3/t17-,18+,19-/m0/s1. The fourth-order valence-corrected chi connectivity index (χ4v) is 6.36. The number of likely N-dealkylation sites (tertiary alicyclic amines) is 1. The number of benzene rings is 1. The molecule has 33 heavy (non-hydrogen) atoms. The lowest BCUT2D eigenvalue weighted by Gasteiger charge is -2.34. The summed E-state index contributed by atoms with van der Waals surface area (Å²) in [4.78, 5) is 16.7. The quantitative estimate of drug-likeness (QED) is 0.579.